The van der Waals surface area contributed by atoms with Gasteiger partial charge in [0.1, 0.15) is 5.00 Å². The number of hydrogen-bond acceptors (Lipinski definition) is 6. The van der Waals surface area contributed by atoms with Gasteiger partial charge in [0.25, 0.3) is 5.91 Å². The zero-order chi connectivity index (χ0) is 22.7. The first-order valence-electron chi connectivity index (χ1n) is 10.9. The van der Waals surface area contributed by atoms with Crippen LogP contribution in [0, 0.1) is 13.8 Å². The van der Waals surface area contributed by atoms with Gasteiger partial charge in [-0.3, -0.25) is 9.69 Å². The molecule has 1 atom stereocenters. The predicted molar refractivity (Wildman–Crippen MR) is 133 cm³/mol. The highest BCUT2D eigenvalue weighted by atomic mass is 32.1. The van der Waals surface area contributed by atoms with Crippen LogP contribution in [0.2, 0.25) is 0 Å². The number of ether oxygens (including phenoxy) is 2. The molecule has 32 heavy (non-hydrogen) atoms. The zero-order valence-electron chi connectivity index (χ0n) is 19.1. The van der Waals surface area contributed by atoms with Crippen LogP contribution in [0.25, 0.3) is 0 Å². The van der Waals surface area contributed by atoms with E-state index in [9.17, 15) is 4.79 Å². The van der Waals surface area contributed by atoms with E-state index >= 15 is 0 Å². The van der Waals surface area contributed by atoms with Crippen LogP contribution in [0.4, 0.5) is 5.00 Å². The normalized spacial score (nSPS) is 15.4. The SMILES string of the molecule is COc1ccc([C@@H](c2c(NC(=O)c3cccs3)sc(C)c2C)N2CCCCC2)cc1OC. The minimum Gasteiger partial charge on any atom is -0.493 e. The number of nitrogens with zero attached hydrogens (tertiary/aromatic N) is 1. The molecule has 1 aliphatic rings. The van der Waals surface area contributed by atoms with Gasteiger partial charge in [0.2, 0.25) is 0 Å². The molecule has 1 saturated heterocycles. The van der Waals surface area contributed by atoms with Crippen LogP contribution < -0.4 is 14.8 Å². The van der Waals surface area contributed by atoms with Crippen molar-refractivity contribution in [3.05, 3.63) is 62.2 Å². The summed E-state index contributed by atoms with van der Waals surface area (Å²) in [6.07, 6.45) is 3.63. The van der Waals surface area contributed by atoms with Crippen molar-refractivity contribution in [1.82, 2.24) is 4.90 Å². The van der Waals surface area contributed by atoms with Gasteiger partial charge in [0, 0.05) is 10.4 Å². The van der Waals surface area contributed by atoms with Gasteiger partial charge < -0.3 is 14.8 Å². The summed E-state index contributed by atoms with van der Waals surface area (Å²) in [5.41, 5.74) is 3.57. The second-order valence-electron chi connectivity index (χ2n) is 8.07. The number of rotatable bonds is 7. The number of carbonyl (C=O) groups is 1. The first-order valence-corrected chi connectivity index (χ1v) is 12.6. The Labute approximate surface area is 198 Å². The molecule has 4 rings (SSSR count). The van der Waals surface area contributed by atoms with Crippen LogP contribution in [0.1, 0.15) is 56.5 Å². The molecule has 0 unspecified atom stereocenters. The average Bonchev–Trinajstić information content (AvgIpc) is 3.45. The molecule has 0 spiro atoms. The lowest BCUT2D eigenvalue weighted by atomic mass is 9.93. The van der Waals surface area contributed by atoms with Gasteiger partial charge in [0.15, 0.2) is 11.5 Å². The largest absolute Gasteiger partial charge is 0.493 e. The average molecular weight is 471 g/mol. The summed E-state index contributed by atoms with van der Waals surface area (Å²) in [6.45, 7) is 6.36. The molecule has 1 amide bonds. The Morgan fingerprint density at radius 1 is 1.06 bits per heavy atom. The van der Waals surface area contributed by atoms with E-state index in [4.69, 9.17) is 9.47 Å². The first-order chi connectivity index (χ1) is 15.5. The molecule has 0 bridgehead atoms. The summed E-state index contributed by atoms with van der Waals surface area (Å²) in [4.78, 5) is 17.4. The number of hydrogen-bond donors (Lipinski definition) is 1. The topological polar surface area (TPSA) is 50.8 Å². The van der Waals surface area contributed by atoms with Crippen molar-refractivity contribution >= 4 is 33.6 Å². The fraction of sp³-hybridized carbons (Fsp3) is 0.400. The molecular weight excluding hydrogens is 440 g/mol. The molecule has 5 nitrogen and oxygen atoms in total. The van der Waals surface area contributed by atoms with Crippen LogP contribution in [0.3, 0.4) is 0 Å². The summed E-state index contributed by atoms with van der Waals surface area (Å²) in [5.74, 6) is 1.39. The van der Waals surface area contributed by atoms with Crippen molar-refractivity contribution in [2.75, 3.05) is 32.6 Å². The Morgan fingerprint density at radius 3 is 2.47 bits per heavy atom. The predicted octanol–water partition coefficient (Wildman–Crippen LogP) is 6.27. The highest BCUT2D eigenvalue weighted by Crippen LogP contribution is 2.44. The van der Waals surface area contributed by atoms with Crippen molar-refractivity contribution in [2.24, 2.45) is 0 Å². The van der Waals surface area contributed by atoms with Crippen LogP contribution in [0.5, 0.6) is 11.5 Å². The molecule has 3 aromatic rings. The molecule has 2 aromatic heterocycles. The second kappa shape index (κ2) is 10.1. The lowest BCUT2D eigenvalue weighted by molar-refractivity contribution is 0.103. The van der Waals surface area contributed by atoms with Crippen molar-refractivity contribution in [3.8, 4) is 11.5 Å². The number of aryl methyl sites for hydroxylation is 1. The minimum atomic E-state index is -0.0489. The van der Waals surface area contributed by atoms with Gasteiger partial charge in [-0.1, -0.05) is 18.6 Å². The van der Waals surface area contributed by atoms with E-state index in [2.05, 4.69) is 36.2 Å². The summed E-state index contributed by atoms with van der Waals surface area (Å²) in [7, 11) is 3.33. The molecule has 1 fully saturated rings. The van der Waals surface area contributed by atoms with Gasteiger partial charge in [0.05, 0.1) is 25.1 Å². The highest BCUT2D eigenvalue weighted by Gasteiger charge is 2.31. The molecule has 0 saturated carbocycles. The van der Waals surface area contributed by atoms with Crippen molar-refractivity contribution < 1.29 is 14.3 Å². The number of likely N-dealkylation sites (tertiary alicyclic amines) is 1. The van der Waals surface area contributed by atoms with Gasteiger partial charge in [-0.25, -0.2) is 0 Å². The number of benzene rings is 1. The van der Waals surface area contributed by atoms with Gasteiger partial charge >= 0.3 is 0 Å². The van der Waals surface area contributed by atoms with Crippen molar-refractivity contribution in [2.45, 2.75) is 39.2 Å². The number of carbonyl (C=O) groups excluding carboxylic acids is 1. The zero-order valence-corrected chi connectivity index (χ0v) is 20.7. The number of nitrogens with one attached hydrogen (secondary N) is 1. The monoisotopic (exact) mass is 470 g/mol. The number of anilines is 1. The fourth-order valence-corrected chi connectivity index (χ4v) is 6.11. The third kappa shape index (κ3) is 4.56. The maximum absolute atomic E-state index is 12.9. The van der Waals surface area contributed by atoms with Crippen LogP contribution in [-0.4, -0.2) is 38.1 Å². The fourth-order valence-electron chi connectivity index (χ4n) is 4.40. The number of thiophene rings is 2. The Morgan fingerprint density at radius 2 is 1.81 bits per heavy atom. The summed E-state index contributed by atoms with van der Waals surface area (Å²) in [5, 5.41) is 6.09. The lowest BCUT2D eigenvalue weighted by Gasteiger charge is -2.36. The molecule has 0 radical (unpaired) electrons. The van der Waals surface area contributed by atoms with E-state index in [0.717, 1.165) is 40.0 Å². The summed E-state index contributed by atoms with van der Waals surface area (Å²) in [6, 6.07) is 9.99. The highest BCUT2D eigenvalue weighted by molar-refractivity contribution is 7.17. The van der Waals surface area contributed by atoms with E-state index < -0.39 is 0 Å². The van der Waals surface area contributed by atoms with Crippen LogP contribution in [0.15, 0.2) is 35.7 Å². The third-order valence-corrected chi connectivity index (χ3v) is 8.16. The van der Waals surface area contributed by atoms with Gasteiger partial charge in [-0.2, -0.15) is 0 Å². The van der Waals surface area contributed by atoms with Crippen molar-refractivity contribution in [3.63, 3.8) is 0 Å². The smallest absolute Gasteiger partial charge is 0.266 e. The second-order valence-corrected chi connectivity index (χ2v) is 10.2. The van der Waals surface area contributed by atoms with E-state index in [-0.39, 0.29) is 11.9 Å². The van der Waals surface area contributed by atoms with E-state index in [1.54, 1.807) is 25.6 Å². The maximum atomic E-state index is 12.9. The molecule has 1 aromatic carbocycles. The Kier molecular flexibility index (Phi) is 7.18. The summed E-state index contributed by atoms with van der Waals surface area (Å²) >= 11 is 3.12. The molecule has 1 aliphatic heterocycles. The Balaban J connectivity index is 1.80. The van der Waals surface area contributed by atoms with Crippen LogP contribution in [-0.2, 0) is 0 Å². The maximum Gasteiger partial charge on any atom is 0.266 e. The van der Waals surface area contributed by atoms with E-state index in [0.29, 0.717) is 0 Å². The number of amides is 1. The summed E-state index contributed by atoms with van der Waals surface area (Å²) < 4.78 is 11.1. The first kappa shape index (κ1) is 22.8. The minimum absolute atomic E-state index is 0.0405. The third-order valence-electron chi connectivity index (χ3n) is 6.16. The quantitative estimate of drug-likeness (QED) is 0.442. The molecule has 170 valence electrons. The standard InChI is InChI=1S/C25H30N2O3S2/c1-16-17(2)32-25(26-24(28)21-9-8-14-31-21)22(16)23(27-12-6-5-7-13-27)18-10-11-19(29-3)20(15-18)30-4/h8-11,14-15,23H,5-7,12-13H2,1-4H3,(H,26,28)/t23-/m0/s1. The number of methoxy groups -OCH3 is 2. The number of piperidine rings is 1. The Hall–Kier alpha value is -2.35. The van der Waals surface area contributed by atoms with E-state index in [1.165, 1.54) is 46.6 Å². The molecule has 1 N–H and O–H groups in total. The molecule has 7 heteroatoms. The van der Waals surface area contributed by atoms with Gasteiger partial charge in [-0.05, 0) is 74.5 Å². The lowest BCUT2D eigenvalue weighted by Crippen LogP contribution is -2.35. The Bertz CT molecular complexity index is 1070. The molecule has 0 aliphatic carbocycles. The van der Waals surface area contributed by atoms with Crippen LogP contribution >= 0.6 is 22.7 Å². The van der Waals surface area contributed by atoms with Crippen molar-refractivity contribution in [1.29, 1.82) is 0 Å². The molecule has 3 heterocycles. The van der Waals surface area contributed by atoms with Gasteiger partial charge in [-0.15, -0.1) is 22.7 Å². The molecular formula is C25H30N2O3S2. The van der Waals surface area contributed by atoms with E-state index in [1.807, 2.05) is 23.6 Å².